The predicted molar refractivity (Wildman–Crippen MR) is 88.3 cm³/mol. The molecule has 4 rings (SSSR count). The van der Waals surface area contributed by atoms with Crippen molar-refractivity contribution in [3.05, 3.63) is 58.0 Å². The van der Waals surface area contributed by atoms with E-state index in [2.05, 4.69) is 37.4 Å². The summed E-state index contributed by atoms with van der Waals surface area (Å²) in [6.07, 6.45) is 6.30. The average molecular weight is 296 g/mol. The molecule has 1 aliphatic heterocycles. The smallest absolute Gasteiger partial charge is 0.123 e. The van der Waals surface area contributed by atoms with Crippen LogP contribution in [0.4, 0.5) is 0 Å². The lowest BCUT2D eigenvalue weighted by Crippen LogP contribution is -2.16. The van der Waals surface area contributed by atoms with E-state index >= 15 is 0 Å². The standard InChI is InChI=1S/C18H20O2Si/c1-21(2)16-11-12-5-3-7-14(17(12)18(16)21)13-6-4-8-15(13)20-10-9-19/h3-5,7-8,19H,6,9-11H2,1-2H3. The highest BCUT2D eigenvalue weighted by atomic mass is 28.3. The van der Waals surface area contributed by atoms with Gasteiger partial charge in [0.15, 0.2) is 0 Å². The molecule has 3 heteroatoms. The van der Waals surface area contributed by atoms with Crippen LogP contribution >= 0.6 is 0 Å². The van der Waals surface area contributed by atoms with Gasteiger partial charge in [-0.15, -0.1) is 0 Å². The van der Waals surface area contributed by atoms with Crippen molar-refractivity contribution in [2.45, 2.75) is 25.9 Å². The molecule has 0 saturated carbocycles. The molecule has 1 N–H and O–H groups in total. The summed E-state index contributed by atoms with van der Waals surface area (Å²) in [6.45, 7) is 5.35. The lowest BCUT2D eigenvalue weighted by molar-refractivity contribution is 0.153. The fraction of sp³-hybridized carbons (Fsp3) is 0.333. The van der Waals surface area contributed by atoms with Gasteiger partial charge < -0.3 is 9.84 Å². The number of hydrogen-bond acceptors (Lipinski definition) is 2. The van der Waals surface area contributed by atoms with Gasteiger partial charge >= 0.3 is 0 Å². The Hall–Kier alpha value is -1.58. The van der Waals surface area contributed by atoms with Crippen LogP contribution in [0.15, 0.2) is 41.3 Å². The average Bonchev–Trinajstić information content (AvgIpc) is 2.91. The van der Waals surface area contributed by atoms with Gasteiger partial charge in [0.1, 0.15) is 20.4 Å². The minimum atomic E-state index is -1.18. The molecule has 2 aliphatic carbocycles. The highest BCUT2D eigenvalue weighted by molar-refractivity contribution is 7.13. The van der Waals surface area contributed by atoms with Crippen LogP contribution in [0, 0.1) is 0 Å². The van der Waals surface area contributed by atoms with Crippen LogP contribution in [0.5, 0.6) is 0 Å². The van der Waals surface area contributed by atoms with Crippen LogP contribution in [0.2, 0.25) is 13.1 Å². The fourth-order valence-corrected chi connectivity index (χ4v) is 7.43. The highest BCUT2D eigenvalue weighted by Crippen LogP contribution is 2.57. The van der Waals surface area contributed by atoms with E-state index in [4.69, 9.17) is 9.84 Å². The molecule has 2 nitrogen and oxygen atoms in total. The summed E-state index contributed by atoms with van der Waals surface area (Å²) in [4.78, 5) is 0. The molecule has 0 amide bonds. The molecule has 0 fully saturated rings. The Morgan fingerprint density at radius 2 is 2.14 bits per heavy atom. The van der Waals surface area contributed by atoms with Crippen LogP contribution in [0.3, 0.4) is 0 Å². The topological polar surface area (TPSA) is 29.5 Å². The maximum absolute atomic E-state index is 8.98. The minimum absolute atomic E-state index is 0.0623. The predicted octanol–water partition coefficient (Wildman–Crippen LogP) is 3.48. The lowest BCUT2D eigenvalue weighted by atomic mass is 9.96. The van der Waals surface area contributed by atoms with Gasteiger partial charge in [0.25, 0.3) is 0 Å². The van der Waals surface area contributed by atoms with E-state index in [1.807, 2.05) is 6.08 Å². The number of allylic oxidation sites excluding steroid dienone is 4. The Bertz CT molecular complexity index is 723. The van der Waals surface area contributed by atoms with Gasteiger partial charge in [-0.3, -0.25) is 0 Å². The summed E-state index contributed by atoms with van der Waals surface area (Å²) in [5.41, 5.74) is 5.64. The lowest BCUT2D eigenvalue weighted by Gasteiger charge is -2.18. The first-order chi connectivity index (χ1) is 10.1. The number of benzene rings is 1. The third-order valence-electron chi connectivity index (χ3n) is 4.95. The Morgan fingerprint density at radius 3 is 2.95 bits per heavy atom. The van der Waals surface area contributed by atoms with Crippen LogP contribution < -0.4 is 0 Å². The molecule has 1 heterocycles. The van der Waals surface area contributed by atoms with E-state index < -0.39 is 8.07 Å². The van der Waals surface area contributed by atoms with E-state index in [-0.39, 0.29) is 6.61 Å². The summed E-state index contributed by atoms with van der Waals surface area (Å²) < 4.78 is 5.72. The number of aliphatic hydroxyl groups excluding tert-OH is 1. The number of fused-ring (bicyclic) bond motifs is 2. The zero-order valence-corrected chi connectivity index (χ0v) is 13.6. The third kappa shape index (κ3) is 1.81. The van der Waals surface area contributed by atoms with Crippen molar-refractivity contribution < 1.29 is 9.84 Å². The largest absolute Gasteiger partial charge is 0.491 e. The van der Waals surface area contributed by atoms with Gasteiger partial charge in [-0.05, 0) is 35.6 Å². The molecule has 0 aromatic heterocycles. The van der Waals surface area contributed by atoms with E-state index in [1.165, 1.54) is 28.7 Å². The van der Waals surface area contributed by atoms with Crippen molar-refractivity contribution in [3.63, 3.8) is 0 Å². The number of rotatable bonds is 4. The molecule has 0 unspecified atom stereocenters. The molecule has 3 aliphatic rings. The monoisotopic (exact) mass is 296 g/mol. The second-order valence-electron chi connectivity index (χ2n) is 6.52. The summed E-state index contributed by atoms with van der Waals surface area (Å²) in [5, 5.41) is 12.4. The van der Waals surface area contributed by atoms with Crippen molar-refractivity contribution >= 4 is 18.8 Å². The fourth-order valence-electron chi connectivity index (χ4n) is 3.82. The van der Waals surface area contributed by atoms with E-state index in [0.717, 1.165) is 12.2 Å². The summed E-state index contributed by atoms with van der Waals surface area (Å²) in [7, 11) is -1.18. The van der Waals surface area contributed by atoms with E-state index in [9.17, 15) is 0 Å². The van der Waals surface area contributed by atoms with E-state index in [0.29, 0.717) is 6.61 Å². The molecule has 0 atom stereocenters. The molecule has 0 saturated heterocycles. The maximum atomic E-state index is 8.98. The first-order valence-corrected chi connectivity index (χ1v) is 10.6. The van der Waals surface area contributed by atoms with Gasteiger partial charge in [0, 0.05) is 5.57 Å². The Morgan fingerprint density at radius 1 is 1.29 bits per heavy atom. The van der Waals surface area contributed by atoms with Crippen LogP contribution in [0.1, 0.15) is 23.1 Å². The van der Waals surface area contributed by atoms with Gasteiger partial charge in [-0.1, -0.05) is 47.8 Å². The molecule has 1 aromatic carbocycles. The normalized spacial score (nSPS) is 20.9. The van der Waals surface area contributed by atoms with Gasteiger partial charge in [0.05, 0.1) is 6.61 Å². The SMILES string of the molecule is C[Si]1(C)C2=C1c1c(cccc1C1=C(OCCO)C=CC1)C2. The summed E-state index contributed by atoms with van der Waals surface area (Å²) >= 11 is 0. The van der Waals surface area contributed by atoms with Crippen LogP contribution in [-0.4, -0.2) is 26.4 Å². The molecule has 0 bridgehead atoms. The number of hydrogen-bond donors (Lipinski definition) is 1. The molecule has 108 valence electrons. The van der Waals surface area contributed by atoms with Crippen molar-refractivity contribution in [3.8, 4) is 0 Å². The Kier molecular flexibility index (Phi) is 2.78. The maximum Gasteiger partial charge on any atom is 0.123 e. The van der Waals surface area contributed by atoms with Gasteiger partial charge in [-0.2, -0.15) is 0 Å². The Labute approximate surface area is 126 Å². The molecule has 21 heavy (non-hydrogen) atoms. The summed E-state index contributed by atoms with van der Waals surface area (Å²) in [5.74, 6) is 0.937. The van der Waals surface area contributed by atoms with Crippen molar-refractivity contribution in [1.29, 1.82) is 0 Å². The zero-order valence-electron chi connectivity index (χ0n) is 12.6. The highest BCUT2D eigenvalue weighted by Gasteiger charge is 2.52. The van der Waals surface area contributed by atoms with Crippen molar-refractivity contribution in [2.24, 2.45) is 0 Å². The molecular weight excluding hydrogens is 276 g/mol. The summed E-state index contributed by atoms with van der Waals surface area (Å²) in [6, 6.07) is 6.68. The minimum Gasteiger partial charge on any atom is -0.491 e. The Balaban J connectivity index is 1.78. The molecular formula is C18H20O2Si. The van der Waals surface area contributed by atoms with Gasteiger partial charge in [0.2, 0.25) is 0 Å². The molecule has 1 aromatic rings. The van der Waals surface area contributed by atoms with Gasteiger partial charge in [-0.25, -0.2) is 0 Å². The number of aliphatic hydroxyl groups is 1. The van der Waals surface area contributed by atoms with Crippen molar-refractivity contribution in [1.82, 2.24) is 0 Å². The van der Waals surface area contributed by atoms with Crippen LogP contribution in [-0.2, 0) is 11.2 Å². The number of ether oxygens (including phenoxy) is 1. The first kappa shape index (κ1) is 13.1. The molecule has 0 spiro atoms. The first-order valence-electron chi connectivity index (χ1n) is 7.64. The quantitative estimate of drug-likeness (QED) is 0.862. The van der Waals surface area contributed by atoms with Crippen molar-refractivity contribution in [2.75, 3.05) is 13.2 Å². The second kappa shape index (κ2) is 4.45. The molecule has 0 radical (unpaired) electrons. The second-order valence-corrected chi connectivity index (χ2v) is 10.9. The van der Waals surface area contributed by atoms with E-state index in [1.54, 1.807) is 10.4 Å². The third-order valence-corrected chi connectivity index (χ3v) is 8.44. The zero-order chi connectivity index (χ0) is 14.6. The van der Waals surface area contributed by atoms with Crippen LogP contribution in [0.25, 0.3) is 10.8 Å².